The number of methoxy groups -OCH3 is 2. The number of H-pyrrole nitrogens is 1. The van der Waals surface area contributed by atoms with Crippen molar-refractivity contribution in [2.45, 2.75) is 30.3 Å². The minimum Gasteiger partial charge on any atom is -0.493 e. The van der Waals surface area contributed by atoms with Gasteiger partial charge in [-0.3, -0.25) is 4.79 Å². The van der Waals surface area contributed by atoms with Crippen molar-refractivity contribution < 1.29 is 39.2 Å². The van der Waals surface area contributed by atoms with Crippen LogP contribution in [0.1, 0.15) is 6.42 Å². The van der Waals surface area contributed by atoms with Crippen LogP contribution in [0, 0.1) is 0 Å². The van der Waals surface area contributed by atoms with Crippen LogP contribution in [-0.4, -0.2) is 70.1 Å². The number of aliphatic hydroxyl groups is 3. The summed E-state index contributed by atoms with van der Waals surface area (Å²) in [6, 6.07) is 4.62. The van der Waals surface area contributed by atoms with E-state index in [-0.39, 0.29) is 11.5 Å². The molecular formula is C20H20N2O9. The van der Waals surface area contributed by atoms with Gasteiger partial charge in [0.1, 0.15) is 17.8 Å². The standard InChI is InChI=1S/C20H20N2O9/c1-28-12-5-3-9-7-13(18(25)21-15(9)16(12)29-2)30-19(26)10-8-20(27)14(24)6-4-11(23)17(20)31-22-10/h3-7,11,14,17,23-24,27H,8H2,1-2H3,(H,21,25). The Morgan fingerprint density at radius 1 is 1.23 bits per heavy atom. The molecule has 0 amide bonds. The number of aromatic amines is 1. The minimum absolute atomic E-state index is 0.311. The highest BCUT2D eigenvalue weighted by Crippen LogP contribution is 2.35. The van der Waals surface area contributed by atoms with E-state index in [1.165, 1.54) is 32.4 Å². The third-order valence-electron chi connectivity index (χ3n) is 5.30. The van der Waals surface area contributed by atoms with Gasteiger partial charge in [-0.2, -0.15) is 0 Å². The summed E-state index contributed by atoms with van der Waals surface area (Å²) in [5.41, 5.74) is -2.69. The molecule has 31 heavy (non-hydrogen) atoms. The highest BCUT2D eigenvalue weighted by molar-refractivity contribution is 6.37. The van der Waals surface area contributed by atoms with Crippen molar-refractivity contribution in [3.05, 3.63) is 40.7 Å². The molecule has 0 fully saturated rings. The molecule has 0 saturated carbocycles. The smallest absolute Gasteiger partial charge is 0.361 e. The summed E-state index contributed by atoms with van der Waals surface area (Å²) in [4.78, 5) is 32.7. The first kappa shape index (κ1) is 20.8. The zero-order valence-corrected chi connectivity index (χ0v) is 16.6. The molecule has 2 aromatic rings. The molecule has 0 bridgehead atoms. The third kappa shape index (κ3) is 3.42. The number of oxime groups is 1. The minimum atomic E-state index is -1.98. The van der Waals surface area contributed by atoms with Crippen LogP contribution >= 0.6 is 0 Å². The van der Waals surface area contributed by atoms with Gasteiger partial charge in [0, 0.05) is 11.8 Å². The van der Waals surface area contributed by atoms with Crippen LogP contribution in [0.2, 0.25) is 0 Å². The van der Waals surface area contributed by atoms with Gasteiger partial charge in [0.05, 0.1) is 19.7 Å². The Labute approximate surface area is 175 Å². The molecule has 4 atom stereocenters. The normalized spacial score (nSPS) is 27.1. The Hall–Kier alpha value is -3.41. The number of pyridine rings is 1. The molecule has 4 rings (SSSR count). The summed E-state index contributed by atoms with van der Waals surface area (Å²) < 4.78 is 15.7. The molecule has 2 aliphatic rings. The van der Waals surface area contributed by atoms with Gasteiger partial charge in [-0.1, -0.05) is 17.3 Å². The van der Waals surface area contributed by atoms with E-state index in [1.54, 1.807) is 12.1 Å². The zero-order valence-electron chi connectivity index (χ0n) is 16.6. The summed E-state index contributed by atoms with van der Waals surface area (Å²) in [6.07, 6.45) is -1.85. The van der Waals surface area contributed by atoms with Crippen LogP contribution in [0.25, 0.3) is 10.9 Å². The molecule has 164 valence electrons. The van der Waals surface area contributed by atoms with E-state index in [2.05, 4.69) is 10.1 Å². The van der Waals surface area contributed by atoms with Gasteiger partial charge in [-0.25, -0.2) is 4.79 Å². The number of hydrogen-bond donors (Lipinski definition) is 4. The fourth-order valence-electron chi connectivity index (χ4n) is 3.65. The molecule has 0 spiro atoms. The monoisotopic (exact) mass is 432 g/mol. The lowest BCUT2D eigenvalue weighted by molar-refractivity contribution is -0.191. The Balaban J connectivity index is 1.62. The topological polar surface area (TPSA) is 160 Å². The van der Waals surface area contributed by atoms with Crippen LogP contribution in [0.3, 0.4) is 0 Å². The van der Waals surface area contributed by atoms with Crippen LogP contribution < -0.4 is 19.8 Å². The number of carbonyl (C=O) groups is 1. The molecule has 2 heterocycles. The van der Waals surface area contributed by atoms with Crippen LogP contribution in [0.5, 0.6) is 17.2 Å². The predicted molar refractivity (Wildman–Crippen MR) is 106 cm³/mol. The van der Waals surface area contributed by atoms with E-state index >= 15 is 0 Å². The second-order valence-electron chi connectivity index (χ2n) is 7.17. The summed E-state index contributed by atoms with van der Waals surface area (Å²) in [6.45, 7) is 0. The van der Waals surface area contributed by atoms with Gasteiger partial charge in [-0.05, 0) is 18.2 Å². The summed E-state index contributed by atoms with van der Waals surface area (Å²) in [5, 5.41) is 34.9. The SMILES string of the molecule is COc1ccc2cc(OC(=O)C3=NOC4C(O)C=CC(O)C4(O)C3)c(=O)[nH]c2c1OC. The molecule has 4 unspecified atom stereocenters. The van der Waals surface area contributed by atoms with Gasteiger partial charge < -0.3 is 39.4 Å². The van der Waals surface area contributed by atoms with Crippen LogP contribution in [0.15, 0.2) is 40.3 Å². The van der Waals surface area contributed by atoms with E-state index in [9.17, 15) is 24.9 Å². The maximum absolute atomic E-state index is 12.6. The maximum Gasteiger partial charge on any atom is 0.361 e. The summed E-state index contributed by atoms with van der Waals surface area (Å²) in [5.74, 6) is -0.639. The lowest BCUT2D eigenvalue weighted by Gasteiger charge is -2.43. The van der Waals surface area contributed by atoms with Gasteiger partial charge in [0.25, 0.3) is 5.56 Å². The molecule has 1 aliphatic carbocycles. The number of aliphatic hydroxyl groups excluding tert-OH is 2. The number of nitrogens with zero attached hydrogens (tertiary/aromatic N) is 1. The van der Waals surface area contributed by atoms with E-state index < -0.39 is 41.9 Å². The van der Waals surface area contributed by atoms with Crippen LogP contribution in [-0.2, 0) is 9.63 Å². The molecule has 4 N–H and O–H groups in total. The predicted octanol–water partition coefficient (Wildman–Crippen LogP) is -0.382. The van der Waals surface area contributed by atoms with Gasteiger partial charge in [-0.15, -0.1) is 0 Å². The number of hydrogen-bond acceptors (Lipinski definition) is 10. The quantitative estimate of drug-likeness (QED) is 0.373. The number of carbonyl (C=O) groups excluding carboxylic acids is 1. The molecule has 1 aliphatic heterocycles. The molecule has 1 aromatic carbocycles. The van der Waals surface area contributed by atoms with E-state index in [0.29, 0.717) is 22.4 Å². The largest absolute Gasteiger partial charge is 0.493 e. The van der Waals surface area contributed by atoms with Crippen molar-refractivity contribution >= 4 is 22.6 Å². The van der Waals surface area contributed by atoms with Gasteiger partial charge >= 0.3 is 5.97 Å². The number of rotatable bonds is 4. The number of aromatic nitrogens is 1. The number of fused-ring (bicyclic) bond motifs is 2. The third-order valence-corrected chi connectivity index (χ3v) is 5.30. The fourth-order valence-corrected chi connectivity index (χ4v) is 3.65. The summed E-state index contributed by atoms with van der Waals surface area (Å²) in [7, 11) is 2.88. The average Bonchev–Trinajstić information content (AvgIpc) is 2.76. The van der Waals surface area contributed by atoms with E-state index in [4.69, 9.17) is 19.0 Å². The Kier molecular flexibility index (Phi) is 5.17. The highest BCUT2D eigenvalue weighted by atomic mass is 16.7. The number of nitrogens with one attached hydrogen (secondary N) is 1. The second-order valence-corrected chi connectivity index (χ2v) is 7.17. The first-order valence-electron chi connectivity index (χ1n) is 9.28. The molecule has 0 saturated heterocycles. The van der Waals surface area contributed by atoms with Gasteiger partial charge in [0.2, 0.25) is 0 Å². The Morgan fingerprint density at radius 3 is 2.71 bits per heavy atom. The maximum atomic E-state index is 12.6. The van der Waals surface area contributed by atoms with Crippen molar-refractivity contribution in [2.75, 3.05) is 14.2 Å². The van der Waals surface area contributed by atoms with Crippen molar-refractivity contribution in [2.24, 2.45) is 5.16 Å². The first-order valence-corrected chi connectivity index (χ1v) is 9.28. The van der Waals surface area contributed by atoms with Crippen molar-refractivity contribution in [1.29, 1.82) is 0 Å². The average molecular weight is 432 g/mol. The number of ether oxygens (including phenoxy) is 3. The molecular weight excluding hydrogens is 412 g/mol. The summed E-state index contributed by atoms with van der Waals surface area (Å²) >= 11 is 0. The van der Waals surface area contributed by atoms with Crippen molar-refractivity contribution in [3.63, 3.8) is 0 Å². The van der Waals surface area contributed by atoms with Gasteiger partial charge in [0.15, 0.2) is 29.1 Å². The molecule has 11 nitrogen and oxygen atoms in total. The van der Waals surface area contributed by atoms with E-state index in [0.717, 1.165) is 0 Å². The highest BCUT2D eigenvalue weighted by Gasteiger charge is 2.54. The fraction of sp³-hybridized carbons (Fsp3) is 0.350. The Bertz CT molecular complexity index is 1160. The number of esters is 1. The number of benzene rings is 1. The zero-order chi connectivity index (χ0) is 22.3. The molecule has 0 radical (unpaired) electrons. The van der Waals surface area contributed by atoms with E-state index in [1.807, 2.05) is 0 Å². The van der Waals surface area contributed by atoms with Crippen molar-refractivity contribution in [3.8, 4) is 17.2 Å². The molecule has 1 aromatic heterocycles. The van der Waals surface area contributed by atoms with Crippen LogP contribution in [0.4, 0.5) is 0 Å². The lowest BCUT2D eigenvalue weighted by Crippen LogP contribution is -2.62. The van der Waals surface area contributed by atoms with Crippen molar-refractivity contribution in [1.82, 2.24) is 4.98 Å². The first-order chi connectivity index (χ1) is 14.8. The Morgan fingerprint density at radius 2 is 2.00 bits per heavy atom. The lowest BCUT2D eigenvalue weighted by atomic mass is 9.78. The second kappa shape index (κ2) is 7.69. The molecule has 11 heteroatoms.